The van der Waals surface area contributed by atoms with Crippen LogP contribution in [0.15, 0.2) is 49.1 Å². The minimum atomic E-state index is -0.518. The van der Waals surface area contributed by atoms with Crippen molar-refractivity contribution in [2.45, 2.75) is 6.54 Å². The highest BCUT2D eigenvalue weighted by Crippen LogP contribution is 2.13. The molecule has 18 heavy (non-hydrogen) atoms. The van der Waals surface area contributed by atoms with Crippen molar-refractivity contribution in [3.63, 3.8) is 0 Å². The maximum atomic E-state index is 11.9. The summed E-state index contributed by atoms with van der Waals surface area (Å²) in [7, 11) is 0. The van der Waals surface area contributed by atoms with Crippen LogP contribution in [0.3, 0.4) is 0 Å². The van der Waals surface area contributed by atoms with Gasteiger partial charge in [0.05, 0.1) is 17.3 Å². The van der Waals surface area contributed by atoms with Crippen molar-refractivity contribution < 1.29 is 14.3 Å². The summed E-state index contributed by atoms with van der Waals surface area (Å²) in [5.74, 6) is -0.185. The molecule has 0 aliphatic rings. The quantitative estimate of drug-likeness (QED) is 0.350. The predicted molar refractivity (Wildman–Crippen MR) is 61.9 cm³/mol. The molecule has 0 aliphatic carbocycles. The van der Waals surface area contributed by atoms with Gasteiger partial charge >= 0.3 is 0 Å². The van der Waals surface area contributed by atoms with Crippen molar-refractivity contribution in [1.82, 2.24) is 4.98 Å². The van der Waals surface area contributed by atoms with Gasteiger partial charge in [-0.3, -0.25) is 19.9 Å². The largest absolute Gasteiger partial charge is 0.287 e. The smallest absolute Gasteiger partial charge is 0.270 e. The van der Waals surface area contributed by atoms with E-state index >= 15 is 0 Å². The molecular formula is C12H10N3O3+. The number of rotatable bonds is 4. The van der Waals surface area contributed by atoms with Gasteiger partial charge in [-0.1, -0.05) is 12.1 Å². The van der Waals surface area contributed by atoms with Crippen LogP contribution in [0.1, 0.15) is 10.4 Å². The molecule has 0 fully saturated rings. The van der Waals surface area contributed by atoms with Gasteiger partial charge in [0.15, 0.2) is 12.4 Å². The molecule has 1 aromatic carbocycles. The highest BCUT2D eigenvalue weighted by Gasteiger charge is 2.14. The number of carbonyl (C=O) groups excluding carboxylic acids is 1. The Kier molecular flexibility index (Phi) is 3.38. The fourth-order valence-electron chi connectivity index (χ4n) is 1.50. The summed E-state index contributed by atoms with van der Waals surface area (Å²) >= 11 is 0. The summed E-state index contributed by atoms with van der Waals surface area (Å²) in [5.41, 5.74) is 0.245. The van der Waals surface area contributed by atoms with Gasteiger partial charge in [0.2, 0.25) is 12.3 Å². The summed E-state index contributed by atoms with van der Waals surface area (Å²) in [5, 5.41) is 10.6. The van der Waals surface area contributed by atoms with Crippen molar-refractivity contribution >= 4 is 11.5 Å². The van der Waals surface area contributed by atoms with Gasteiger partial charge in [-0.15, -0.1) is 0 Å². The Hall–Kier alpha value is -2.63. The molecule has 0 spiro atoms. The number of nitrogens with zero attached hydrogens (tertiary/aromatic N) is 3. The van der Waals surface area contributed by atoms with Crippen LogP contribution in [0.2, 0.25) is 0 Å². The summed E-state index contributed by atoms with van der Waals surface area (Å²) in [6, 6.07) is 5.71. The lowest BCUT2D eigenvalue weighted by molar-refractivity contribution is -0.683. The van der Waals surface area contributed by atoms with E-state index in [2.05, 4.69) is 4.98 Å². The number of carbonyl (C=O) groups is 1. The van der Waals surface area contributed by atoms with E-state index in [1.54, 1.807) is 35.4 Å². The Bertz CT molecular complexity index is 584. The predicted octanol–water partition coefficient (Wildman–Crippen LogP) is 1.16. The van der Waals surface area contributed by atoms with Crippen LogP contribution in [0.4, 0.5) is 5.69 Å². The second-order valence-corrected chi connectivity index (χ2v) is 3.65. The highest BCUT2D eigenvalue weighted by molar-refractivity contribution is 5.95. The summed E-state index contributed by atoms with van der Waals surface area (Å²) < 4.78 is 1.66. The molecule has 0 atom stereocenters. The number of hydrogen-bond acceptors (Lipinski definition) is 4. The number of benzene rings is 1. The maximum absolute atomic E-state index is 11.9. The SMILES string of the molecule is O=C(C[n+]1ccncc1)c1cccc([N+](=O)[O-])c1. The molecular weight excluding hydrogens is 234 g/mol. The number of ketones is 1. The van der Waals surface area contributed by atoms with E-state index in [9.17, 15) is 14.9 Å². The number of hydrogen-bond donors (Lipinski definition) is 0. The van der Waals surface area contributed by atoms with Gasteiger partial charge in [-0.05, 0) is 0 Å². The van der Waals surface area contributed by atoms with Gasteiger partial charge in [0.25, 0.3) is 5.69 Å². The van der Waals surface area contributed by atoms with Crippen LogP contribution >= 0.6 is 0 Å². The van der Waals surface area contributed by atoms with Gasteiger partial charge in [-0.25, -0.2) is 0 Å². The molecule has 0 saturated heterocycles. The van der Waals surface area contributed by atoms with Gasteiger partial charge < -0.3 is 0 Å². The first-order valence-electron chi connectivity index (χ1n) is 5.23. The average molecular weight is 244 g/mol. The minimum Gasteiger partial charge on any atom is -0.287 e. The second-order valence-electron chi connectivity index (χ2n) is 3.65. The number of Topliss-reactive ketones (excluding diaryl/α,β-unsaturated/α-hetero) is 1. The molecule has 2 rings (SSSR count). The van der Waals surface area contributed by atoms with E-state index in [4.69, 9.17) is 0 Å². The lowest BCUT2D eigenvalue weighted by Crippen LogP contribution is -2.37. The Balaban J connectivity index is 2.19. The Morgan fingerprint density at radius 3 is 2.72 bits per heavy atom. The molecule has 2 aromatic rings. The van der Waals surface area contributed by atoms with Crippen LogP contribution in [-0.2, 0) is 6.54 Å². The molecule has 0 radical (unpaired) electrons. The lowest BCUT2D eigenvalue weighted by atomic mass is 10.1. The lowest BCUT2D eigenvalue weighted by Gasteiger charge is -1.98. The normalized spacial score (nSPS) is 10.0. The zero-order chi connectivity index (χ0) is 13.0. The van der Waals surface area contributed by atoms with E-state index in [-0.39, 0.29) is 18.0 Å². The number of aromatic nitrogens is 2. The minimum absolute atomic E-state index is 0.0828. The monoisotopic (exact) mass is 244 g/mol. The zero-order valence-corrected chi connectivity index (χ0v) is 9.39. The second kappa shape index (κ2) is 5.13. The Morgan fingerprint density at radius 2 is 2.06 bits per heavy atom. The number of nitro benzene ring substituents is 1. The fraction of sp³-hybridized carbons (Fsp3) is 0.0833. The number of non-ortho nitro benzene ring substituents is 1. The third kappa shape index (κ3) is 2.73. The summed E-state index contributed by atoms with van der Waals surface area (Å²) in [6.45, 7) is 0.129. The first-order valence-corrected chi connectivity index (χ1v) is 5.23. The molecule has 6 heteroatoms. The molecule has 0 unspecified atom stereocenters. The molecule has 0 aliphatic heterocycles. The standard InChI is InChI=1S/C12H10N3O3/c16-12(9-14-6-4-13-5-7-14)10-2-1-3-11(8-10)15(17)18/h1-8H,9H2/q+1. The van der Waals surface area contributed by atoms with Crippen LogP contribution in [0, 0.1) is 10.1 Å². The third-order valence-corrected chi connectivity index (χ3v) is 2.39. The van der Waals surface area contributed by atoms with E-state index in [1.165, 1.54) is 18.2 Å². The summed E-state index contributed by atoms with van der Waals surface area (Å²) in [6.07, 6.45) is 6.46. The van der Waals surface area contributed by atoms with Crippen LogP contribution in [0.5, 0.6) is 0 Å². The Morgan fingerprint density at radius 1 is 1.33 bits per heavy atom. The molecule has 0 bridgehead atoms. The van der Waals surface area contributed by atoms with Gasteiger partial charge in [-0.2, -0.15) is 4.57 Å². The van der Waals surface area contributed by atoms with Crippen LogP contribution < -0.4 is 4.57 Å². The summed E-state index contributed by atoms with van der Waals surface area (Å²) in [4.78, 5) is 25.9. The molecule has 6 nitrogen and oxygen atoms in total. The maximum Gasteiger partial charge on any atom is 0.270 e. The fourth-order valence-corrected chi connectivity index (χ4v) is 1.50. The van der Waals surface area contributed by atoms with Crippen LogP contribution in [-0.4, -0.2) is 15.7 Å². The molecule has 1 aromatic heterocycles. The van der Waals surface area contributed by atoms with Gasteiger partial charge in [0, 0.05) is 17.7 Å². The first-order chi connectivity index (χ1) is 8.66. The molecule has 0 N–H and O–H groups in total. The zero-order valence-electron chi connectivity index (χ0n) is 9.39. The van der Waals surface area contributed by atoms with E-state index < -0.39 is 4.92 Å². The topological polar surface area (TPSA) is 77.0 Å². The highest BCUT2D eigenvalue weighted by atomic mass is 16.6. The van der Waals surface area contributed by atoms with Crippen molar-refractivity contribution in [3.05, 3.63) is 64.7 Å². The van der Waals surface area contributed by atoms with E-state index in [0.717, 1.165) is 0 Å². The molecule has 1 heterocycles. The van der Waals surface area contributed by atoms with Crippen molar-refractivity contribution in [2.24, 2.45) is 0 Å². The average Bonchev–Trinajstić information content (AvgIpc) is 2.40. The number of nitro groups is 1. The van der Waals surface area contributed by atoms with E-state index in [1.807, 2.05) is 0 Å². The Labute approximate surface area is 103 Å². The molecule has 0 saturated carbocycles. The van der Waals surface area contributed by atoms with Crippen molar-refractivity contribution in [3.8, 4) is 0 Å². The van der Waals surface area contributed by atoms with Crippen molar-refractivity contribution in [1.29, 1.82) is 0 Å². The molecule has 90 valence electrons. The van der Waals surface area contributed by atoms with Crippen LogP contribution in [0.25, 0.3) is 0 Å². The van der Waals surface area contributed by atoms with Gasteiger partial charge in [0.1, 0.15) is 0 Å². The van der Waals surface area contributed by atoms with Crippen molar-refractivity contribution in [2.75, 3.05) is 0 Å². The molecule has 0 amide bonds. The van der Waals surface area contributed by atoms with E-state index in [0.29, 0.717) is 5.56 Å². The first kappa shape index (κ1) is 11.8. The third-order valence-electron chi connectivity index (χ3n) is 2.39.